The van der Waals surface area contributed by atoms with Gasteiger partial charge in [-0.05, 0) is 30.4 Å². The van der Waals surface area contributed by atoms with Crippen LogP contribution in [-0.2, 0) is 9.59 Å². The third kappa shape index (κ3) is 3.74. The molecule has 3 aliphatic rings. The van der Waals surface area contributed by atoms with Gasteiger partial charge in [-0.1, -0.05) is 12.8 Å². The van der Waals surface area contributed by atoms with Crippen molar-refractivity contribution in [1.82, 2.24) is 14.8 Å². The molecule has 1 spiro atoms. The quantitative estimate of drug-likeness (QED) is 0.740. The first kappa shape index (κ1) is 18.9. The second-order valence-electron chi connectivity index (χ2n) is 8.31. The van der Waals surface area contributed by atoms with Gasteiger partial charge >= 0.3 is 0 Å². The number of piperazine rings is 1. The summed E-state index contributed by atoms with van der Waals surface area (Å²) in [5.41, 5.74) is 0.568. The zero-order valence-corrected chi connectivity index (χ0v) is 16.3. The van der Waals surface area contributed by atoms with E-state index in [4.69, 9.17) is 0 Å². The molecular formula is C21H27N5O2. The molecule has 0 aromatic carbocycles. The summed E-state index contributed by atoms with van der Waals surface area (Å²) in [6.07, 6.45) is 7.15. The van der Waals surface area contributed by atoms with Crippen molar-refractivity contribution in [3.8, 4) is 6.07 Å². The molecule has 1 aromatic heterocycles. The SMILES string of the molecule is N#Cc1cccnc1N1CCN(CCN2C(=O)CC3(CCCC3)CC2=O)CC1. The molecule has 0 N–H and O–H groups in total. The highest BCUT2D eigenvalue weighted by molar-refractivity contribution is 5.98. The smallest absolute Gasteiger partial charge is 0.229 e. The molecule has 2 saturated heterocycles. The molecule has 2 amide bonds. The molecule has 3 fully saturated rings. The van der Waals surface area contributed by atoms with Crippen molar-refractivity contribution in [2.24, 2.45) is 5.41 Å². The number of hydrogen-bond acceptors (Lipinski definition) is 6. The molecule has 2 aliphatic heterocycles. The van der Waals surface area contributed by atoms with Crippen LogP contribution in [0.25, 0.3) is 0 Å². The average Bonchev–Trinajstić information content (AvgIpc) is 3.15. The van der Waals surface area contributed by atoms with Gasteiger partial charge in [-0.25, -0.2) is 4.98 Å². The lowest BCUT2D eigenvalue weighted by Crippen LogP contribution is -2.52. The first-order chi connectivity index (χ1) is 13.6. The van der Waals surface area contributed by atoms with Crippen LogP contribution in [0.3, 0.4) is 0 Å². The van der Waals surface area contributed by atoms with E-state index in [2.05, 4.69) is 20.9 Å². The Morgan fingerprint density at radius 3 is 2.36 bits per heavy atom. The molecule has 7 nitrogen and oxygen atoms in total. The standard InChI is InChI=1S/C21H27N5O2/c22-16-17-4-3-7-23-20(17)25-11-8-24(9-12-25)10-13-26-18(27)14-21(15-19(26)28)5-1-2-6-21/h3-4,7H,1-2,5-6,8-15H2. The zero-order valence-electron chi connectivity index (χ0n) is 16.3. The normalized spacial score (nSPS) is 22.7. The van der Waals surface area contributed by atoms with Crippen LogP contribution in [-0.4, -0.2) is 65.9 Å². The minimum atomic E-state index is -0.0303. The minimum Gasteiger partial charge on any atom is -0.353 e. The first-order valence-corrected chi connectivity index (χ1v) is 10.3. The zero-order chi connectivity index (χ0) is 19.6. The summed E-state index contributed by atoms with van der Waals surface area (Å²) in [5.74, 6) is 0.778. The van der Waals surface area contributed by atoms with E-state index in [1.165, 1.54) is 4.90 Å². The number of imide groups is 1. The van der Waals surface area contributed by atoms with E-state index in [1.807, 2.05) is 0 Å². The van der Waals surface area contributed by atoms with E-state index in [1.54, 1.807) is 18.3 Å². The van der Waals surface area contributed by atoms with Gasteiger partial charge in [0.2, 0.25) is 11.8 Å². The molecule has 1 aliphatic carbocycles. The number of likely N-dealkylation sites (tertiary alicyclic amines) is 1. The summed E-state index contributed by atoms with van der Waals surface area (Å²) < 4.78 is 0. The highest BCUT2D eigenvalue weighted by atomic mass is 16.2. The first-order valence-electron chi connectivity index (χ1n) is 10.3. The summed E-state index contributed by atoms with van der Waals surface area (Å²) in [6.45, 7) is 4.45. The molecule has 7 heteroatoms. The number of carbonyl (C=O) groups is 2. The minimum absolute atomic E-state index is 0.0175. The number of nitrogens with zero attached hydrogens (tertiary/aromatic N) is 5. The van der Waals surface area contributed by atoms with Crippen molar-refractivity contribution in [1.29, 1.82) is 5.26 Å². The van der Waals surface area contributed by atoms with Crippen LogP contribution in [0.4, 0.5) is 5.82 Å². The van der Waals surface area contributed by atoms with E-state index >= 15 is 0 Å². The van der Waals surface area contributed by atoms with Crippen LogP contribution < -0.4 is 4.90 Å². The molecule has 0 atom stereocenters. The Bertz CT molecular complexity index is 768. The van der Waals surface area contributed by atoms with Crippen molar-refractivity contribution in [3.05, 3.63) is 23.9 Å². The molecular weight excluding hydrogens is 354 g/mol. The van der Waals surface area contributed by atoms with Gasteiger partial charge in [0.25, 0.3) is 0 Å². The molecule has 4 rings (SSSR count). The molecule has 1 saturated carbocycles. The second-order valence-corrected chi connectivity index (χ2v) is 8.31. The van der Waals surface area contributed by atoms with Crippen LogP contribution in [0, 0.1) is 16.7 Å². The van der Waals surface area contributed by atoms with E-state index in [0.717, 1.165) is 57.7 Å². The molecule has 28 heavy (non-hydrogen) atoms. The highest BCUT2D eigenvalue weighted by Crippen LogP contribution is 2.46. The largest absolute Gasteiger partial charge is 0.353 e. The van der Waals surface area contributed by atoms with Gasteiger partial charge in [-0.15, -0.1) is 0 Å². The van der Waals surface area contributed by atoms with Gasteiger partial charge in [-0.3, -0.25) is 19.4 Å². The Kier molecular flexibility index (Phi) is 5.31. The Morgan fingerprint density at radius 2 is 1.71 bits per heavy atom. The Labute approximate surface area is 165 Å². The lowest BCUT2D eigenvalue weighted by atomic mass is 9.76. The number of amides is 2. The van der Waals surface area contributed by atoms with Gasteiger partial charge in [0.05, 0.1) is 5.56 Å². The summed E-state index contributed by atoms with van der Waals surface area (Å²) in [7, 11) is 0. The predicted octanol–water partition coefficient (Wildman–Crippen LogP) is 1.78. The fourth-order valence-corrected chi connectivity index (χ4v) is 4.92. The molecule has 0 radical (unpaired) electrons. The van der Waals surface area contributed by atoms with Crippen molar-refractivity contribution in [2.75, 3.05) is 44.2 Å². The summed E-state index contributed by atoms with van der Waals surface area (Å²) in [4.78, 5) is 35.4. The Hall–Kier alpha value is -2.46. The molecule has 3 heterocycles. The van der Waals surface area contributed by atoms with Crippen LogP contribution >= 0.6 is 0 Å². The summed E-state index contributed by atoms with van der Waals surface area (Å²) >= 11 is 0. The maximum Gasteiger partial charge on any atom is 0.229 e. The van der Waals surface area contributed by atoms with Gasteiger partial charge < -0.3 is 4.90 Å². The van der Waals surface area contributed by atoms with Gasteiger partial charge in [-0.2, -0.15) is 5.26 Å². The summed E-state index contributed by atoms with van der Waals surface area (Å²) in [6, 6.07) is 5.77. The third-order valence-corrected chi connectivity index (χ3v) is 6.54. The fourth-order valence-electron chi connectivity index (χ4n) is 4.92. The predicted molar refractivity (Wildman–Crippen MR) is 104 cm³/mol. The van der Waals surface area contributed by atoms with Crippen LogP contribution in [0.5, 0.6) is 0 Å². The van der Waals surface area contributed by atoms with E-state index in [-0.39, 0.29) is 17.2 Å². The average molecular weight is 381 g/mol. The van der Waals surface area contributed by atoms with E-state index in [9.17, 15) is 14.9 Å². The fraction of sp³-hybridized carbons (Fsp3) is 0.619. The Morgan fingerprint density at radius 1 is 1.04 bits per heavy atom. The number of pyridine rings is 1. The number of anilines is 1. The van der Waals surface area contributed by atoms with E-state index in [0.29, 0.717) is 31.5 Å². The Balaban J connectivity index is 1.28. The molecule has 1 aromatic rings. The maximum atomic E-state index is 12.6. The number of piperidine rings is 1. The monoisotopic (exact) mass is 381 g/mol. The maximum absolute atomic E-state index is 12.6. The van der Waals surface area contributed by atoms with Crippen LogP contribution in [0.1, 0.15) is 44.1 Å². The topological polar surface area (TPSA) is 80.5 Å². The molecule has 0 unspecified atom stereocenters. The lowest BCUT2D eigenvalue weighted by Gasteiger charge is -2.39. The molecule has 0 bridgehead atoms. The van der Waals surface area contributed by atoms with Gasteiger partial charge in [0, 0.05) is 58.3 Å². The van der Waals surface area contributed by atoms with Gasteiger partial charge in [0.15, 0.2) is 0 Å². The van der Waals surface area contributed by atoms with Crippen molar-refractivity contribution in [2.45, 2.75) is 38.5 Å². The highest BCUT2D eigenvalue weighted by Gasteiger charge is 2.44. The van der Waals surface area contributed by atoms with Crippen molar-refractivity contribution >= 4 is 17.6 Å². The number of hydrogen-bond donors (Lipinski definition) is 0. The molecule has 148 valence electrons. The lowest BCUT2D eigenvalue weighted by molar-refractivity contribution is -0.153. The second kappa shape index (κ2) is 7.88. The number of aromatic nitrogens is 1. The third-order valence-electron chi connectivity index (χ3n) is 6.54. The number of carbonyl (C=O) groups excluding carboxylic acids is 2. The van der Waals surface area contributed by atoms with Crippen LogP contribution in [0.15, 0.2) is 18.3 Å². The van der Waals surface area contributed by atoms with Crippen LogP contribution in [0.2, 0.25) is 0 Å². The summed E-state index contributed by atoms with van der Waals surface area (Å²) in [5, 5.41) is 9.26. The van der Waals surface area contributed by atoms with Crippen molar-refractivity contribution in [3.63, 3.8) is 0 Å². The number of nitriles is 1. The van der Waals surface area contributed by atoms with Gasteiger partial charge in [0.1, 0.15) is 11.9 Å². The van der Waals surface area contributed by atoms with E-state index < -0.39 is 0 Å². The number of rotatable bonds is 4. The van der Waals surface area contributed by atoms with Crippen molar-refractivity contribution < 1.29 is 9.59 Å².